The first-order valence-corrected chi connectivity index (χ1v) is 3.11. The molecule has 0 heterocycles. The summed E-state index contributed by atoms with van der Waals surface area (Å²) in [7, 11) is 0. The van der Waals surface area contributed by atoms with Crippen molar-refractivity contribution in [1.82, 2.24) is 0 Å². The SMILES string of the molecule is O=C([O-])CC(O)(CC(=O)[O-])C(=O)[O-].[Ca+2].[Na+].[Na+]. The first-order valence-electron chi connectivity index (χ1n) is 3.11. The second-order valence-electron chi connectivity index (χ2n) is 2.42. The van der Waals surface area contributed by atoms with Crippen LogP contribution in [0.1, 0.15) is 12.8 Å². The third kappa shape index (κ3) is 10.8. The molecule has 0 saturated carbocycles. The Morgan fingerprint density at radius 3 is 1.31 bits per heavy atom. The maximum Gasteiger partial charge on any atom is 2.00 e. The van der Waals surface area contributed by atoms with Gasteiger partial charge in [0.1, 0.15) is 5.60 Å². The number of aliphatic carboxylic acids is 3. The van der Waals surface area contributed by atoms with Gasteiger partial charge in [-0.15, -0.1) is 0 Å². The molecular formula is C6H5CaNa2O7+. The Morgan fingerprint density at radius 2 is 1.19 bits per heavy atom. The molecular weight excluding hydrogens is 270 g/mol. The van der Waals surface area contributed by atoms with Crippen molar-refractivity contribution in [2.75, 3.05) is 0 Å². The van der Waals surface area contributed by atoms with Crippen LogP contribution in [0.4, 0.5) is 0 Å². The number of hydrogen-bond acceptors (Lipinski definition) is 7. The van der Waals surface area contributed by atoms with Gasteiger partial charge in [0, 0.05) is 24.8 Å². The van der Waals surface area contributed by atoms with E-state index in [-0.39, 0.29) is 96.9 Å². The van der Waals surface area contributed by atoms with Crippen LogP contribution >= 0.6 is 0 Å². The zero-order chi connectivity index (χ0) is 10.6. The fraction of sp³-hybridized carbons (Fsp3) is 0.500. The zero-order valence-corrected chi connectivity index (χ0v) is 15.2. The van der Waals surface area contributed by atoms with Crippen molar-refractivity contribution < 1.29 is 93.9 Å². The van der Waals surface area contributed by atoms with Crippen molar-refractivity contribution in [3.63, 3.8) is 0 Å². The van der Waals surface area contributed by atoms with Gasteiger partial charge < -0.3 is 34.8 Å². The molecule has 16 heavy (non-hydrogen) atoms. The molecule has 0 aromatic heterocycles. The molecule has 10 heteroatoms. The summed E-state index contributed by atoms with van der Waals surface area (Å²) in [6, 6.07) is 0. The summed E-state index contributed by atoms with van der Waals surface area (Å²) in [5, 5.41) is 38.9. The van der Waals surface area contributed by atoms with Crippen LogP contribution in [0.25, 0.3) is 0 Å². The van der Waals surface area contributed by atoms with Crippen LogP contribution in [0.15, 0.2) is 0 Å². The predicted octanol–water partition coefficient (Wildman–Crippen LogP) is -11.6. The van der Waals surface area contributed by atoms with Crippen LogP contribution in [0.5, 0.6) is 0 Å². The van der Waals surface area contributed by atoms with Crippen LogP contribution < -0.4 is 74.4 Å². The smallest absolute Gasteiger partial charge is 0.550 e. The Hall–Kier alpha value is 1.63. The summed E-state index contributed by atoms with van der Waals surface area (Å²) in [6.45, 7) is 0. The van der Waals surface area contributed by atoms with Gasteiger partial charge in [-0.2, -0.15) is 0 Å². The van der Waals surface area contributed by atoms with E-state index in [1.807, 2.05) is 0 Å². The summed E-state index contributed by atoms with van der Waals surface area (Å²) >= 11 is 0. The standard InChI is InChI=1S/C6H8O7.Ca.2Na/c7-3(8)1-6(13,5(11)12)2-4(9)10;;;/h13H,1-2H2,(H,7,8)(H,9,10)(H,11,12);;;/q;+2;2*+1/p-3. The van der Waals surface area contributed by atoms with Gasteiger partial charge in [0.25, 0.3) is 0 Å². The quantitative estimate of drug-likeness (QED) is 0.491. The molecule has 0 aliphatic heterocycles. The van der Waals surface area contributed by atoms with Crippen molar-refractivity contribution in [3.8, 4) is 0 Å². The zero-order valence-electron chi connectivity index (χ0n) is 9.02. The molecule has 0 atom stereocenters. The van der Waals surface area contributed by atoms with Crippen molar-refractivity contribution in [2.45, 2.75) is 18.4 Å². The van der Waals surface area contributed by atoms with Gasteiger partial charge in [0.2, 0.25) is 0 Å². The molecule has 0 aliphatic rings. The molecule has 0 bridgehead atoms. The van der Waals surface area contributed by atoms with Gasteiger partial charge in [0.05, 0.1) is 5.97 Å². The summed E-state index contributed by atoms with van der Waals surface area (Å²) in [6.07, 6.45) is -2.72. The number of aliphatic hydroxyl groups is 1. The third-order valence-electron chi connectivity index (χ3n) is 1.25. The van der Waals surface area contributed by atoms with Gasteiger partial charge in [-0.1, -0.05) is 0 Å². The molecule has 0 aromatic carbocycles. The molecule has 7 nitrogen and oxygen atoms in total. The first kappa shape index (κ1) is 26.2. The van der Waals surface area contributed by atoms with Gasteiger partial charge in [-0.25, -0.2) is 0 Å². The van der Waals surface area contributed by atoms with Crippen LogP contribution in [0, 0.1) is 0 Å². The Balaban J connectivity index is -0.000000240. The molecule has 0 spiro atoms. The fourth-order valence-electron chi connectivity index (χ4n) is 0.684. The number of hydrogen-bond donors (Lipinski definition) is 1. The molecule has 0 aromatic rings. The minimum Gasteiger partial charge on any atom is -0.550 e. The third-order valence-corrected chi connectivity index (χ3v) is 1.25. The van der Waals surface area contributed by atoms with E-state index in [2.05, 4.69) is 0 Å². The van der Waals surface area contributed by atoms with Crippen molar-refractivity contribution in [2.24, 2.45) is 0 Å². The molecule has 74 valence electrons. The molecule has 0 aliphatic carbocycles. The number of carboxylic acids is 3. The second-order valence-corrected chi connectivity index (χ2v) is 2.42. The summed E-state index contributed by atoms with van der Waals surface area (Å²) < 4.78 is 0. The minimum atomic E-state index is -2.97. The Bertz CT molecular complexity index is 241. The second kappa shape index (κ2) is 11.7. The molecule has 0 rings (SSSR count). The van der Waals surface area contributed by atoms with Crippen LogP contribution in [0.3, 0.4) is 0 Å². The Kier molecular flexibility index (Phi) is 19.2. The van der Waals surface area contributed by atoms with Gasteiger partial charge in [0.15, 0.2) is 0 Å². The van der Waals surface area contributed by atoms with E-state index in [0.717, 1.165) is 0 Å². The van der Waals surface area contributed by atoms with E-state index >= 15 is 0 Å². The van der Waals surface area contributed by atoms with Crippen LogP contribution in [-0.2, 0) is 14.4 Å². The van der Waals surface area contributed by atoms with E-state index < -0.39 is 36.4 Å². The number of carboxylic acid groups (broad SMARTS) is 3. The molecule has 0 unspecified atom stereocenters. The van der Waals surface area contributed by atoms with E-state index in [9.17, 15) is 29.7 Å². The maximum absolute atomic E-state index is 10.1. The number of rotatable bonds is 5. The summed E-state index contributed by atoms with van der Waals surface area (Å²) in [5.41, 5.74) is -2.97. The topological polar surface area (TPSA) is 141 Å². The average molecular weight is 275 g/mol. The van der Waals surface area contributed by atoms with Crippen LogP contribution in [0.2, 0.25) is 0 Å². The van der Waals surface area contributed by atoms with Gasteiger partial charge >= 0.3 is 96.9 Å². The van der Waals surface area contributed by atoms with E-state index in [1.165, 1.54) is 0 Å². The van der Waals surface area contributed by atoms with Crippen molar-refractivity contribution in [3.05, 3.63) is 0 Å². The molecule has 0 fully saturated rings. The molecule has 1 N–H and O–H groups in total. The van der Waals surface area contributed by atoms with Crippen LogP contribution in [-0.4, -0.2) is 66.4 Å². The molecule has 0 radical (unpaired) electrons. The summed E-state index contributed by atoms with van der Waals surface area (Å²) in [5.74, 6) is -5.98. The largest absolute Gasteiger partial charge is 2.00 e. The van der Waals surface area contributed by atoms with E-state index in [1.54, 1.807) is 0 Å². The predicted molar refractivity (Wildman–Crippen MR) is 35.0 cm³/mol. The van der Waals surface area contributed by atoms with E-state index in [0.29, 0.717) is 0 Å². The number of carbonyl (C=O) groups is 3. The normalized spacial score (nSPS) is 8.81. The van der Waals surface area contributed by atoms with E-state index in [4.69, 9.17) is 5.11 Å². The Labute approximate surface area is 165 Å². The molecule has 0 saturated heterocycles. The van der Waals surface area contributed by atoms with Crippen molar-refractivity contribution in [1.29, 1.82) is 0 Å². The monoisotopic (exact) mass is 275 g/mol. The first-order chi connectivity index (χ1) is 5.78. The van der Waals surface area contributed by atoms with Crippen molar-refractivity contribution >= 4 is 55.6 Å². The minimum absolute atomic E-state index is 0. The number of carbonyl (C=O) groups excluding carboxylic acids is 3. The molecule has 0 amide bonds. The van der Waals surface area contributed by atoms with Gasteiger partial charge in [-0.3, -0.25) is 0 Å². The maximum atomic E-state index is 10.1. The Morgan fingerprint density at radius 1 is 0.938 bits per heavy atom. The summed E-state index contributed by atoms with van der Waals surface area (Å²) in [4.78, 5) is 30.0. The van der Waals surface area contributed by atoms with Gasteiger partial charge in [-0.05, 0) is 0 Å². The fourth-order valence-corrected chi connectivity index (χ4v) is 0.684. The average Bonchev–Trinajstić information content (AvgIpc) is 1.82.